The number of alkyl halides is 1. The van der Waals surface area contributed by atoms with Crippen molar-refractivity contribution in [2.24, 2.45) is 0 Å². The SMILES string of the molecule is CCCOC1C(Br)CC1Oc1ccc(C(C)(C)CC)cc1. The van der Waals surface area contributed by atoms with Gasteiger partial charge in [-0.15, -0.1) is 0 Å². The first-order chi connectivity index (χ1) is 9.97. The van der Waals surface area contributed by atoms with Gasteiger partial charge in [-0.1, -0.05) is 55.8 Å². The Balaban J connectivity index is 1.94. The lowest BCUT2D eigenvalue weighted by Crippen LogP contribution is -2.52. The highest BCUT2D eigenvalue weighted by Gasteiger charge is 2.42. The third-order valence-corrected chi connectivity index (χ3v) is 5.40. The van der Waals surface area contributed by atoms with Gasteiger partial charge >= 0.3 is 0 Å². The van der Waals surface area contributed by atoms with Crippen LogP contribution in [0.15, 0.2) is 24.3 Å². The molecule has 0 bridgehead atoms. The Kier molecular flexibility index (Phi) is 5.73. The first kappa shape index (κ1) is 16.8. The van der Waals surface area contributed by atoms with E-state index in [9.17, 15) is 0 Å². The van der Waals surface area contributed by atoms with Crippen LogP contribution in [0.25, 0.3) is 0 Å². The van der Waals surface area contributed by atoms with Crippen molar-refractivity contribution in [3.8, 4) is 5.75 Å². The second-order valence-corrected chi connectivity index (χ2v) is 7.68. The van der Waals surface area contributed by atoms with Crippen LogP contribution in [0.3, 0.4) is 0 Å². The highest BCUT2D eigenvalue weighted by Crippen LogP contribution is 2.35. The maximum Gasteiger partial charge on any atom is 0.127 e. The van der Waals surface area contributed by atoms with E-state index in [2.05, 4.69) is 67.9 Å². The van der Waals surface area contributed by atoms with Gasteiger partial charge in [-0.25, -0.2) is 0 Å². The van der Waals surface area contributed by atoms with E-state index in [-0.39, 0.29) is 17.6 Å². The van der Waals surface area contributed by atoms with Crippen LogP contribution in [-0.4, -0.2) is 23.6 Å². The van der Waals surface area contributed by atoms with Gasteiger partial charge in [0.05, 0.1) is 0 Å². The molecule has 0 N–H and O–H groups in total. The van der Waals surface area contributed by atoms with Gasteiger partial charge in [-0.3, -0.25) is 0 Å². The predicted octanol–water partition coefficient (Wildman–Crippen LogP) is 5.08. The largest absolute Gasteiger partial charge is 0.488 e. The minimum Gasteiger partial charge on any atom is -0.488 e. The molecule has 3 unspecified atom stereocenters. The zero-order valence-electron chi connectivity index (χ0n) is 13.6. The predicted molar refractivity (Wildman–Crippen MR) is 91.5 cm³/mol. The highest BCUT2D eigenvalue weighted by molar-refractivity contribution is 9.09. The van der Waals surface area contributed by atoms with Crippen molar-refractivity contribution in [3.63, 3.8) is 0 Å². The summed E-state index contributed by atoms with van der Waals surface area (Å²) in [5.41, 5.74) is 1.59. The molecule has 3 heteroatoms. The second kappa shape index (κ2) is 7.15. The Hall–Kier alpha value is -0.540. The number of hydrogen-bond acceptors (Lipinski definition) is 2. The summed E-state index contributed by atoms with van der Waals surface area (Å²) in [5, 5.41) is 0. The number of ether oxygens (including phenoxy) is 2. The van der Waals surface area contributed by atoms with Crippen molar-refractivity contribution in [2.75, 3.05) is 6.61 Å². The van der Waals surface area contributed by atoms with Gasteiger partial charge in [-0.2, -0.15) is 0 Å². The average molecular weight is 355 g/mol. The molecule has 21 heavy (non-hydrogen) atoms. The average Bonchev–Trinajstić information content (AvgIpc) is 2.47. The van der Waals surface area contributed by atoms with Gasteiger partial charge in [0.1, 0.15) is 18.0 Å². The molecule has 1 aliphatic carbocycles. The molecule has 0 aromatic heterocycles. The molecule has 1 aromatic rings. The zero-order chi connectivity index (χ0) is 15.5. The summed E-state index contributed by atoms with van der Waals surface area (Å²) in [6, 6.07) is 8.55. The lowest BCUT2D eigenvalue weighted by atomic mass is 9.82. The van der Waals surface area contributed by atoms with E-state index >= 15 is 0 Å². The van der Waals surface area contributed by atoms with Crippen LogP contribution in [0.5, 0.6) is 5.75 Å². The fraction of sp³-hybridized carbons (Fsp3) is 0.667. The van der Waals surface area contributed by atoms with Crippen molar-refractivity contribution in [2.45, 2.75) is 69.4 Å². The van der Waals surface area contributed by atoms with E-state index in [1.807, 2.05) is 0 Å². The van der Waals surface area contributed by atoms with Crippen LogP contribution in [0, 0.1) is 0 Å². The maximum absolute atomic E-state index is 6.08. The molecule has 3 atom stereocenters. The summed E-state index contributed by atoms with van der Waals surface area (Å²) in [6.07, 6.45) is 3.54. The van der Waals surface area contributed by atoms with E-state index in [0.29, 0.717) is 4.83 Å². The van der Waals surface area contributed by atoms with Crippen molar-refractivity contribution < 1.29 is 9.47 Å². The Morgan fingerprint density at radius 1 is 1.19 bits per heavy atom. The third-order valence-electron chi connectivity index (χ3n) is 4.50. The Bertz CT molecular complexity index is 441. The first-order valence-corrected chi connectivity index (χ1v) is 8.92. The van der Waals surface area contributed by atoms with Gasteiger partial charge in [0, 0.05) is 17.9 Å². The molecule has 1 fully saturated rings. The van der Waals surface area contributed by atoms with E-state index in [0.717, 1.165) is 31.6 Å². The molecular weight excluding hydrogens is 328 g/mol. The van der Waals surface area contributed by atoms with E-state index < -0.39 is 0 Å². The van der Waals surface area contributed by atoms with Crippen LogP contribution in [0.2, 0.25) is 0 Å². The normalized spacial score (nSPS) is 25.5. The molecule has 1 aliphatic rings. The van der Waals surface area contributed by atoms with Gasteiger partial charge in [0.2, 0.25) is 0 Å². The smallest absolute Gasteiger partial charge is 0.127 e. The van der Waals surface area contributed by atoms with Crippen LogP contribution in [0.4, 0.5) is 0 Å². The molecule has 0 heterocycles. The van der Waals surface area contributed by atoms with Crippen molar-refractivity contribution >= 4 is 15.9 Å². The molecule has 0 saturated heterocycles. The third kappa shape index (κ3) is 4.01. The molecule has 0 amide bonds. The molecule has 1 aromatic carbocycles. The van der Waals surface area contributed by atoms with Crippen LogP contribution in [-0.2, 0) is 10.2 Å². The molecule has 118 valence electrons. The Morgan fingerprint density at radius 3 is 2.38 bits per heavy atom. The summed E-state index contributed by atoms with van der Waals surface area (Å²) < 4.78 is 11.9. The minimum absolute atomic E-state index is 0.172. The van der Waals surface area contributed by atoms with E-state index in [4.69, 9.17) is 9.47 Å². The Labute approximate surface area is 137 Å². The van der Waals surface area contributed by atoms with Gasteiger partial charge in [0.25, 0.3) is 0 Å². The van der Waals surface area contributed by atoms with Crippen molar-refractivity contribution in [1.29, 1.82) is 0 Å². The monoisotopic (exact) mass is 354 g/mol. The first-order valence-electron chi connectivity index (χ1n) is 8.00. The van der Waals surface area contributed by atoms with Gasteiger partial charge in [0.15, 0.2) is 0 Å². The van der Waals surface area contributed by atoms with E-state index in [1.54, 1.807) is 0 Å². The van der Waals surface area contributed by atoms with Crippen molar-refractivity contribution in [1.82, 2.24) is 0 Å². The summed E-state index contributed by atoms with van der Waals surface area (Å²) >= 11 is 3.65. The molecule has 0 aliphatic heterocycles. The Morgan fingerprint density at radius 2 is 1.86 bits per heavy atom. The molecule has 2 nitrogen and oxygen atoms in total. The molecule has 2 rings (SSSR count). The topological polar surface area (TPSA) is 18.5 Å². The standard InChI is InChI=1S/C18H27BrO2/c1-5-11-20-17-15(19)12-16(17)21-14-9-7-13(8-10-14)18(3,4)6-2/h7-10,15-17H,5-6,11-12H2,1-4H3. The molecule has 1 saturated carbocycles. The second-order valence-electron chi connectivity index (χ2n) is 6.51. The quantitative estimate of drug-likeness (QED) is 0.635. The lowest BCUT2D eigenvalue weighted by molar-refractivity contribution is -0.0762. The van der Waals surface area contributed by atoms with Gasteiger partial charge < -0.3 is 9.47 Å². The fourth-order valence-electron chi connectivity index (χ4n) is 2.47. The minimum atomic E-state index is 0.172. The summed E-state index contributed by atoms with van der Waals surface area (Å²) in [6.45, 7) is 9.71. The van der Waals surface area contributed by atoms with Gasteiger partial charge in [-0.05, 0) is 36.0 Å². The number of halogens is 1. The molecule has 0 spiro atoms. The number of rotatable bonds is 7. The fourth-order valence-corrected chi connectivity index (χ4v) is 3.33. The number of hydrogen-bond donors (Lipinski definition) is 0. The number of benzene rings is 1. The van der Waals surface area contributed by atoms with E-state index in [1.165, 1.54) is 5.56 Å². The summed E-state index contributed by atoms with van der Waals surface area (Å²) in [7, 11) is 0. The summed E-state index contributed by atoms with van der Waals surface area (Å²) in [5.74, 6) is 0.945. The van der Waals surface area contributed by atoms with Crippen LogP contribution >= 0.6 is 15.9 Å². The van der Waals surface area contributed by atoms with Crippen molar-refractivity contribution in [3.05, 3.63) is 29.8 Å². The lowest BCUT2D eigenvalue weighted by Gasteiger charge is -2.41. The molecular formula is C18H27BrO2. The van der Waals surface area contributed by atoms with Crippen LogP contribution < -0.4 is 4.74 Å². The zero-order valence-corrected chi connectivity index (χ0v) is 15.2. The summed E-state index contributed by atoms with van der Waals surface area (Å²) in [4.78, 5) is 0.423. The molecule has 0 radical (unpaired) electrons. The van der Waals surface area contributed by atoms with Crippen LogP contribution in [0.1, 0.15) is 52.5 Å². The highest BCUT2D eigenvalue weighted by atomic mass is 79.9. The maximum atomic E-state index is 6.08.